The largest absolute Gasteiger partial charge is 0.480 e. The van der Waals surface area contributed by atoms with E-state index < -0.39 is 0 Å². The second-order valence-corrected chi connectivity index (χ2v) is 3.98. The van der Waals surface area contributed by atoms with Gasteiger partial charge in [-0.1, -0.05) is 0 Å². The summed E-state index contributed by atoms with van der Waals surface area (Å²) in [6.07, 6.45) is 1.75. The molecule has 4 nitrogen and oxygen atoms in total. The molecule has 0 fully saturated rings. The molecule has 4 heteroatoms. The van der Waals surface area contributed by atoms with Gasteiger partial charge in [-0.05, 0) is 32.4 Å². The number of pyridine rings is 1. The van der Waals surface area contributed by atoms with Crippen LogP contribution in [0.4, 0.5) is 5.82 Å². The molecule has 1 aliphatic rings. The fourth-order valence-electron chi connectivity index (χ4n) is 1.68. The van der Waals surface area contributed by atoms with Gasteiger partial charge in [0.05, 0.1) is 0 Å². The summed E-state index contributed by atoms with van der Waals surface area (Å²) in [4.78, 5) is 17.6. The first-order valence-corrected chi connectivity index (χ1v) is 5.01. The van der Waals surface area contributed by atoms with Gasteiger partial charge in [0.25, 0.3) is 5.91 Å². The predicted octanol–water partition coefficient (Wildman–Crippen LogP) is 1.52. The molecule has 0 atom stereocenters. The van der Waals surface area contributed by atoms with Crippen LogP contribution >= 0.6 is 0 Å². The average molecular weight is 206 g/mol. The smallest absolute Gasteiger partial charge is 0.266 e. The summed E-state index contributed by atoms with van der Waals surface area (Å²) in [5, 5.41) is 0. The Balaban J connectivity index is 2.48. The highest BCUT2D eigenvalue weighted by Gasteiger charge is 2.28. The minimum Gasteiger partial charge on any atom is -0.480 e. The van der Waals surface area contributed by atoms with Crippen LogP contribution in [0.2, 0.25) is 0 Å². The second kappa shape index (κ2) is 3.53. The minimum absolute atomic E-state index is 0.0335. The first kappa shape index (κ1) is 9.96. The van der Waals surface area contributed by atoms with Crippen molar-refractivity contribution in [3.63, 3.8) is 0 Å². The molecule has 0 bridgehead atoms. The van der Waals surface area contributed by atoms with Crippen molar-refractivity contribution in [2.24, 2.45) is 0 Å². The van der Waals surface area contributed by atoms with Gasteiger partial charge in [-0.15, -0.1) is 0 Å². The van der Waals surface area contributed by atoms with Gasteiger partial charge in [-0.2, -0.15) is 0 Å². The molecular weight excluding hydrogens is 192 g/mol. The van der Waals surface area contributed by atoms with E-state index >= 15 is 0 Å². The molecule has 1 amide bonds. The van der Waals surface area contributed by atoms with Crippen molar-refractivity contribution in [3.05, 3.63) is 17.8 Å². The van der Waals surface area contributed by atoms with Crippen molar-refractivity contribution in [2.45, 2.75) is 26.8 Å². The van der Waals surface area contributed by atoms with E-state index in [2.05, 4.69) is 4.98 Å². The van der Waals surface area contributed by atoms with Gasteiger partial charge in [0.15, 0.2) is 18.2 Å². The molecule has 2 rings (SSSR count). The Kier molecular flexibility index (Phi) is 2.34. The van der Waals surface area contributed by atoms with Crippen molar-refractivity contribution in [3.8, 4) is 5.75 Å². The van der Waals surface area contributed by atoms with E-state index in [1.807, 2.05) is 26.8 Å². The van der Waals surface area contributed by atoms with E-state index in [0.29, 0.717) is 11.6 Å². The van der Waals surface area contributed by atoms with Crippen LogP contribution in [0.5, 0.6) is 5.75 Å². The molecule has 0 saturated carbocycles. The van der Waals surface area contributed by atoms with Crippen LogP contribution < -0.4 is 9.64 Å². The van der Waals surface area contributed by atoms with Crippen LogP contribution in [0.15, 0.2) is 12.3 Å². The number of amides is 1. The lowest BCUT2D eigenvalue weighted by molar-refractivity contribution is -0.121. The first-order valence-electron chi connectivity index (χ1n) is 5.01. The summed E-state index contributed by atoms with van der Waals surface area (Å²) >= 11 is 0. The number of rotatable bonds is 1. The van der Waals surface area contributed by atoms with E-state index in [1.54, 1.807) is 11.1 Å². The number of anilines is 1. The van der Waals surface area contributed by atoms with Crippen LogP contribution in [-0.4, -0.2) is 23.5 Å². The molecule has 0 spiro atoms. The highest BCUT2D eigenvalue weighted by atomic mass is 16.5. The molecule has 1 aliphatic heterocycles. The molecule has 15 heavy (non-hydrogen) atoms. The maximum Gasteiger partial charge on any atom is 0.266 e. The lowest BCUT2D eigenvalue weighted by atomic mass is 10.2. The zero-order chi connectivity index (χ0) is 11.0. The Morgan fingerprint density at radius 1 is 1.53 bits per heavy atom. The number of nitrogens with zero attached hydrogens (tertiary/aromatic N) is 2. The second-order valence-electron chi connectivity index (χ2n) is 3.98. The lowest BCUT2D eigenvalue weighted by Crippen LogP contribution is -2.43. The summed E-state index contributed by atoms with van der Waals surface area (Å²) in [7, 11) is 0. The maximum atomic E-state index is 11.6. The van der Waals surface area contributed by atoms with Gasteiger partial charge in [-0.3, -0.25) is 9.69 Å². The van der Waals surface area contributed by atoms with Crippen molar-refractivity contribution < 1.29 is 9.53 Å². The van der Waals surface area contributed by atoms with Gasteiger partial charge in [0.2, 0.25) is 0 Å². The molecule has 1 aromatic rings. The number of aromatic nitrogens is 1. The van der Waals surface area contributed by atoms with Crippen molar-refractivity contribution in [2.75, 3.05) is 11.5 Å². The molecule has 80 valence electrons. The van der Waals surface area contributed by atoms with E-state index in [0.717, 1.165) is 5.56 Å². The lowest BCUT2D eigenvalue weighted by Gasteiger charge is -2.31. The highest BCUT2D eigenvalue weighted by Crippen LogP contribution is 2.31. The van der Waals surface area contributed by atoms with E-state index in [4.69, 9.17) is 4.74 Å². The number of ether oxygens (including phenoxy) is 1. The molecular formula is C11H14N2O2. The number of carbonyl (C=O) groups is 1. The van der Waals surface area contributed by atoms with E-state index in [9.17, 15) is 4.79 Å². The monoisotopic (exact) mass is 206 g/mol. The summed E-state index contributed by atoms with van der Waals surface area (Å²) in [6.45, 7) is 5.99. The fourth-order valence-corrected chi connectivity index (χ4v) is 1.68. The first-order chi connectivity index (χ1) is 7.09. The standard InChI is InChI=1S/C11H14N2O2/c1-7(2)13-10(14)6-15-9-4-8(3)5-12-11(9)13/h4-5,7H,6H2,1-3H3. The van der Waals surface area contributed by atoms with Crippen LogP contribution in [0.1, 0.15) is 19.4 Å². The summed E-state index contributed by atoms with van der Waals surface area (Å²) in [5.41, 5.74) is 1.03. The van der Waals surface area contributed by atoms with Crippen molar-refractivity contribution in [1.82, 2.24) is 4.98 Å². The minimum atomic E-state index is -0.0335. The van der Waals surface area contributed by atoms with Gasteiger partial charge in [-0.25, -0.2) is 4.98 Å². The van der Waals surface area contributed by atoms with Crippen LogP contribution in [0, 0.1) is 6.92 Å². The van der Waals surface area contributed by atoms with E-state index in [1.165, 1.54) is 0 Å². The third kappa shape index (κ3) is 1.67. The number of fused-ring (bicyclic) bond motifs is 1. The summed E-state index contributed by atoms with van der Waals surface area (Å²) in [6, 6.07) is 2.01. The van der Waals surface area contributed by atoms with E-state index in [-0.39, 0.29) is 18.6 Å². The van der Waals surface area contributed by atoms with Gasteiger partial charge < -0.3 is 4.74 Å². The molecule has 0 aliphatic carbocycles. The zero-order valence-corrected chi connectivity index (χ0v) is 9.15. The number of aryl methyl sites for hydroxylation is 1. The van der Waals surface area contributed by atoms with Crippen LogP contribution in [0.25, 0.3) is 0 Å². The summed E-state index contributed by atoms with van der Waals surface area (Å²) in [5.74, 6) is 1.30. The molecule has 1 aromatic heterocycles. The normalized spacial score (nSPS) is 15.2. The Bertz CT molecular complexity index is 402. The van der Waals surface area contributed by atoms with Gasteiger partial charge in [0.1, 0.15) is 0 Å². The van der Waals surface area contributed by atoms with Crippen LogP contribution in [-0.2, 0) is 4.79 Å². The van der Waals surface area contributed by atoms with Crippen LogP contribution in [0.3, 0.4) is 0 Å². The summed E-state index contributed by atoms with van der Waals surface area (Å²) < 4.78 is 5.34. The number of carbonyl (C=O) groups excluding carboxylic acids is 1. The third-order valence-corrected chi connectivity index (χ3v) is 2.33. The quantitative estimate of drug-likeness (QED) is 0.699. The van der Waals surface area contributed by atoms with Gasteiger partial charge in [0, 0.05) is 12.2 Å². The predicted molar refractivity (Wildman–Crippen MR) is 57.1 cm³/mol. The van der Waals surface area contributed by atoms with Crippen molar-refractivity contribution in [1.29, 1.82) is 0 Å². The Hall–Kier alpha value is -1.58. The Morgan fingerprint density at radius 3 is 2.93 bits per heavy atom. The molecule has 0 unspecified atom stereocenters. The van der Waals surface area contributed by atoms with Crippen molar-refractivity contribution >= 4 is 11.7 Å². The zero-order valence-electron chi connectivity index (χ0n) is 9.15. The highest BCUT2D eigenvalue weighted by molar-refractivity contribution is 5.97. The number of hydrogen-bond donors (Lipinski definition) is 0. The molecule has 0 saturated heterocycles. The van der Waals surface area contributed by atoms with Gasteiger partial charge >= 0.3 is 0 Å². The fraction of sp³-hybridized carbons (Fsp3) is 0.455. The molecule has 0 radical (unpaired) electrons. The third-order valence-electron chi connectivity index (χ3n) is 2.33. The Labute approximate surface area is 88.9 Å². The maximum absolute atomic E-state index is 11.6. The number of hydrogen-bond acceptors (Lipinski definition) is 3. The Morgan fingerprint density at radius 2 is 2.27 bits per heavy atom. The average Bonchev–Trinajstić information content (AvgIpc) is 2.17. The topological polar surface area (TPSA) is 42.4 Å². The molecule has 0 N–H and O–H groups in total. The molecule has 0 aromatic carbocycles. The molecule has 2 heterocycles. The SMILES string of the molecule is Cc1cnc2c(c1)OCC(=O)N2C(C)C.